The summed E-state index contributed by atoms with van der Waals surface area (Å²) >= 11 is 1.74. The van der Waals surface area contributed by atoms with Gasteiger partial charge in [-0.3, -0.25) is 10.1 Å². The van der Waals surface area contributed by atoms with E-state index in [9.17, 15) is 14.5 Å². The van der Waals surface area contributed by atoms with Crippen molar-refractivity contribution in [2.45, 2.75) is 17.6 Å². The lowest BCUT2D eigenvalue weighted by molar-refractivity contribution is -0.384. The molecule has 5 nitrogen and oxygen atoms in total. The Kier molecular flexibility index (Phi) is 4.82. The number of benzene rings is 1. The Labute approximate surface area is 121 Å². The summed E-state index contributed by atoms with van der Waals surface area (Å²) in [6.45, 7) is 2.01. The summed E-state index contributed by atoms with van der Waals surface area (Å²) < 4.78 is 18.5. The molecule has 0 amide bonds. The Hall–Kier alpha value is -1.34. The molecule has 0 bridgehead atoms. The molecule has 1 aliphatic rings. The van der Waals surface area contributed by atoms with Crippen LogP contribution in [0.5, 0.6) is 0 Å². The zero-order valence-corrected chi connectivity index (χ0v) is 12.0. The fraction of sp³-hybridized carbons (Fsp3) is 0.538. The maximum Gasteiger partial charge on any atom is 0.295 e. The average Bonchev–Trinajstić information content (AvgIpc) is 2.47. The van der Waals surface area contributed by atoms with Crippen molar-refractivity contribution in [3.8, 4) is 0 Å². The van der Waals surface area contributed by atoms with Gasteiger partial charge in [-0.05, 0) is 31.2 Å². The highest BCUT2D eigenvalue weighted by molar-refractivity contribution is 8.00. The minimum absolute atomic E-state index is 0.0144. The van der Waals surface area contributed by atoms with Crippen molar-refractivity contribution in [2.75, 3.05) is 31.3 Å². The largest absolute Gasteiger partial charge is 0.381 e. The van der Waals surface area contributed by atoms with Crippen molar-refractivity contribution < 1.29 is 14.1 Å². The van der Waals surface area contributed by atoms with Gasteiger partial charge in [0.2, 0.25) is 0 Å². The fourth-order valence-electron chi connectivity index (χ4n) is 2.26. The van der Waals surface area contributed by atoms with Gasteiger partial charge in [0.25, 0.3) is 5.69 Å². The average molecular weight is 300 g/mol. The number of nitro groups is 1. The number of hydrogen-bond donors (Lipinski definition) is 1. The highest BCUT2D eigenvalue weighted by Gasteiger charge is 2.32. The van der Waals surface area contributed by atoms with Crippen LogP contribution in [0, 0.1) is 15.9 Å². The molecule has 0 spiro atoms. The predicted octanol–water partition coefficient (Wildman–Crippen LogP) is 3.06. The Morgan fingerprint density at radius 1 is 1.50 bits per heavy atom. The second kappa shape index (κ2) is 6.41. The summed E-state index contributed by atoms with van der Waals surface area (Å²) in [5, 5.41) is 14.0. The molecule has 1 aliphatic heterocycles. The van der Waals surface area contributed by atoms with E-state index in [4.69, 9.17) is 4.74 Å². The van der Waals surface area contributed by atoms with Crippen molar-refractivity contribution in [1.29, 1.82) is 0 Å². The Morgan fingerprint density at radius 2 is 2.20 bits per heavy atom. The van der Waals surface area contributed by atoms with Crippen molar-refractivity contribution >= 4 is 23.1 Å². The lowest BCUT2D eigenvalue weighted by Gasteiger charge is -2.35. The molecule has 1 fully saturated rings. The van der Waals surface area contributed by atoms with Gasteiger partial charge >= 0.3 is 0 Å². The van der Waals surface area contributed by atoms with Crippen molar-refractivity contribution in [3.05, 3.63) is 34.1 Å². The molecular weight excluding hydrogens is 283 g/mol. The van der Waals surface area contributed by atoms with Crippen LogP contribution in [0.4, 0.5) is 15.8 Å². The van der Waals surface area contributed by atoms with E-state index in [1.165, 1.54) is 12.1 Å². The van der Waals surface area contributed by atoms with Gasteiger partial charge in [-0.2, -0.15) is 11.8 Å². The minimum atomic E-state index is -0.604. The molecule has 1 N–H and O–H groups in total. The van der Waals surface area contributed by atoms with Gasteiger partial charge in [0.1, 0.15) is 11.5 Å². The number of nitrogens with one attached hydrogen (secondary N) is 1. The molecule has 0 radical (unpaired) electrons. The molecule has 1 aromatic carbocycles. The molecule has 0 aliphatic carbocycles. The summed E-state index contributed by atoms with van der Waals surface area (Å²) in [4.78, 5) is 10.4. The van der Waals surface area contributed by atoms with E-state index < -0.39 is 10.7 Å². The fourth-order valence-corrected chi connectivity index (χ4v) is 3.05. The third-order valence-corrected chi connectivity index (χ3v) is 5.01. The molecule has 1 aromatic rings. The summed E-state index contributed by atoms with van der Waals surface area (Å²) in [6.07, 6.45) is 3.83. The molecular formula is C13H17FN2O3S. The molecule has 20 heavy (non-hydrogen) atoms. The number of ether oxygens (including phenoxy) is 1. The lowest BCUT2D eigenvalue weighted by atomic mass is 9.99. The van der Waals surface area contributed by atoms with Gasteiger partial charge < -0.3 is 10.1 Å². The van der Waals surface area contributed by atoms with E-state index in [-0.39, 0.29) is 10.4 Å². The Bertz CT molecular complexity index is 493. The first-order chi connectivity index (χ1) is 9.56. The van der Waals surface area contributed by atoms with Crippen LogP contribution in [0.25, 0.3) is 0 Å². The number of nitrogens with zero attached hydrogens (tertiary/aromatic N) is 1. The van der Waals surface area contributed by atoms with E-state index >= 15 is 0 Å². The second-order valence-corrected chi connectivity index (χ2v) is 6.05. The first-order valence-electron chi connectivity index (χ1n) is 6.37. The maximum absolute atomic E-state index is 13.1. The van der Waals surface area contributed by atoms with Crippen molar-refractivity contribution in [2.24, 2.45) is 0 Å². The lowest BCUT2D eigenvalue weighted by Crippen LogP contribution is -2.39. The van der Waals surface area contributed by atoms with Crippen LogP contribution in [-0.4, -0.2) is 35.7 Å². The number of hydrogen-bond acceptors (Lipinski definition) is 5. The van der Waals surface area contributed by atoms with E-state index in [1.54, 1.807) is 11.8 Å². The molecule has 110 valence electrons. The van der Waals surface area contributed by atoms with Crippen LogP contribution in [0.1, 0.15) is 12.8 Å². The van der Waals surface area contributed by atoms with Crippen LogP contribution in [0.15, 0.2) is 18.2 Å². The van der Waals surface area contributed by atoms with E-state index in [2.05, 4.69) is 5.32 Å². The molecule has 1 heterocycles. The van der Waals surface area contributed by atoms with Crippen molar-refractivity contribution in [3.63, 3.8) is 0 Å². The molecule has 0 atom stereocenters. The maximum atomic E-state index is 13.1. The predicted molar refractivity (Wildman–Crippen MR) is 77.8 cm³/mol. The first-order valence-corrected chi connectivity index (χ1v) is 7.59. The molecule has 0 saturated carbocycles. The minimum Gasteiger partial charge on any atom is -0.381 e. The van der Waals surface area contributed by atoms with Crippen LogP contribution >= 0.6 is 11.8 Å². The topological polar surface area (TPSA) is 64.4 Å². The summed E-state index contributed by atoms with van der Waals surface area (Å²) in [5.41, 5.74) is 0.129. The van der Waals surface area contributed by atoms with Crippen molar-refractivity contribution in [1.82, 2.24) is 0 Å². The number of halogens is 1. The standard InChI is InChI=1S/C13H17FN2O3S/c1-20-13(4-6-19-7-5-13)9-15-11-3-2-10(14)8-12(11)16(17)18/h2-3,8,15H,4-7,9H2,1H3. The zero-order valence-electron chi connectivity index (χ0n) is 11.2. The Morgan fingerprint density at radius 3 is 2.80 bits per heavy atom. The molecule has 2 rings (SSSR count). The number of nitro benzene ring substituents is 1. The second-order valence-electron chi connectivity index (χ2n) is 4.77. The SMILES string of the molecule is CSC1(CNc2ccc(F)cc2[N+](=O)[O-])CCOCC1. The summed E-state index contributed by atoms with van der Waals surface area (Å²) in [6, 6.07) is 3.59. The molecule has 7 heteroatoms. The molecule has 0 unspecified atom stereocenters. The van der Waals surface area contributed by atoms with E-state index in [0.29, 0.717) is 25.4 Å². The Balaban J connectivity index is 2.11. The van der Waals surface area contributed by atoms with Gasteiger partial charge in [0.05, 0.1) is 11.0 Å². The monoisotopic (exact) mass is 300 g/mol. The zero-order chi connectivity index (χ0) is 14.6. The smallest absolute Gasteiger partial charge is 0.295 e. The number of rotatable bonds is 5. The van der Waals surface area contributed by atoms with Gasteiger partial charge in [-0.25, -0.2) is 4.39 Å². The highest BCUT2D eigenvalue weighted by atomic mass is 32.2. The molecule has 0 aromatic heterocycles. The van der Waals surface area contributed by atoms with Crippen LogP contribution in [0.2, 0.25) is 0 Å². The van der Waals surface area contributed by atoms with Gasteiger partial charge in [0, 0.05) is 24.5 Å². The number of anilines is 1. The quantitative estimate of drug-likeness (QED) is 0.669. The normalized spacial score (nSPS) is 17.7. The number of thioether (sulfide) groups is 1. The van der Waals surface area contributed by atoms with Crippen LogP contribution in [0.3, 0.4) is 0 Å². The summed E-state index contributed by atoms with van der Waals surface area (Å²) in [5.74, 6) is -0.604. The van der Waals surface area contributed by atoms with E-state index in [1.807, 2.05) is 6.26 Å². The summed E-state index contributed by atoms with van der Waals surface area (Å²) in [7, 11) is 0. The third kappa shape index (κ3) is 3.40. The first kappa shape index (κ1) is 15.1. The van der Waals surface area contributed by atoms with Crippen LogP contribution in [-0.2, 0) is 4.74 Å². The van der Waals surface area contributed by atoms with E-state index in [0.717, 1.165) is 18.9 Å². The van der Waals surface area contributed by atoms with Gasteiger partial charge in [-0.1, -0.05) is 0 Å². The molecule has 1 saturated heterocycles. The van der Waals surface area contributed by atoms with Gasteiger partial charge in [0.15, 0.2) is 0 Å². The van der Waals surface area contributed by atoms with Crippen LogP contribution < -0.4 is 5.32 Å². The third-order valence-electron chi connectivity index (χ3n) is 3.59. The highest BCUT2D eigenvalue weighted by Crippen LogP contribution is 2.35. The van der Waals surface area contributed by atoms with Gasteiger partial charge in [-0.15, -0.1) is 0 Å².